The topological polar surface area (TPSA) is 15.7 Å². The summed E-state index contributed by atoms with van der Waals surface area (Å²) in [6.07, 6.45) is -0.134. The summed E-state index contributed by atoms with van der Waals surface area (Å²) in [6.45, 7) is 26.1. The van der Waals surface area contributed by atoms with Gasteiger partial charge in [-0.15, -0.1) is 0 Å². The first-order valence-corrected chi connectivity index (χ1v) is 13.5. The zero-order chi connectivity index (χ0) is 25.3. The Bertz CT molecular complexity index is 834. The van der Waals surface area contributed by atoms with Gasteiger partial charge in [0.15, 0.2) is 0 Å². The van der Waals surface area contributed by atoms with Crippen molar-refractivity contribution in [1.82, 2.24) is 0 Å². The maximum Gasteiger partial charge on any atom is 0.211 e. The van der Waals surface area contributed by atoms with E-state index in [4.69, 9.17) is 4.74 Å². The van der Waals surface area contributed by atoms with Crippen LogP contribution in [-0.2, 0) is 4.74 Å². The molecule has 1 saturated heterocycles. The average Bonchev–Trinajstić information content (AvgIpc) is 3.01. The van der Waals surface area contributed by atoms with Crippen molar-refractivity contribution in [3.63, 3.8) is 0 Å². The number of ether oxygens (including phenoxy) is 1. The molecule has 1 aliphatic heterocycles. The lowest BCUT2D eigenvalue weighted by Gasteiger charge is -2.38. The van der Waals surface area contributed by atoms with E-state index < -0.39 is 0 Å². The number of para-hydroxylation sites is 2. The predicted octanol–water partition coefficient (Wildman–Crippen LogP) is 8.60. The van der Waals surface area contributed by atoms with Crippen LogP contribution < -0.4 is 9.80 Å². The number of anilines is 2. The summed E-state index contributed by atoms with van der Waals surface area (Å²) in [5.41, 5.74) is 8.41. The zero-order valence-electron chi connectivity index (χ0n) is 23.5. The van der Waals surface area contributed by atoms with Gasteiger partial charge in [0, 0.05) is 18.0 Å². The largest absolute Gasteiger partial charge is 0.341 e. The first-order valence-electron chi connectivity index (χ1n) is 13.5. The number of hydrogen-bond acceptors (Lipinski definition) is 3. The minimum atomic E-state index is -0.134. The minimum Gasteiger partial charge on any atom is -0.341 e. The molecule has 3 nitrogen and oxygen atoms in total. The van der Waals surface area contributed by atoms with Crippen LogP contribution in [0.15, 0.2) is 36.4 Å². The summed E-state index contributed by atoms with van der Waals surface area (Å²) in [7, 11) is 0. The first-order chi connectivity index (χ1) is 16.0. The van der Waals surface area contributed by atoms with Crippen molar-refractivity contribution in [3.8, 4) is 0 Å². The van der Waals surface area contributed by atoms with E-state index in [0.717, 1.165) is 0 Å². The van der Waals surface area contributed by atoms with Crippen molar-refractivity contribution in [1.29, 1.82) is 0 Å². The molecule has 1 heterocycles. The van der Waals surface area contributed by atoms with Crippen LogP contribution in [0.5, 0.6) is 0 Å². The quantitative estimate of drug-likeness (QED) is 0.389. The van der Waals surface area contributed by atoms with Crippen LogP contribution in [0, 0.1) is 0 Å². The highest BCUT2D eigenvalue weighted by molar-refractivity contribution is 5.70. The molecule has 0 amide bonds. The van der Waals surface area contributed by atoms with Gasteiger partial charge in [0.05, 0.1) is 12.1 Å². The van der Waals surface area contributed by atoms with E-state index in [2.05, 4.69) is 122 Å². The molecule has 2 unspecified atom stereocenters. The average molecular weight is 465 g/mol. The Labute approximate surface area is 209 Å². The molecule has 0 spiro atoms. The predicted molar refractivity (Wildman–Crippen MR) is 149 cm³/mol. The zero-order valence-corrected chi connectivity index (χ0v) is 23.5. The van der Waals surface area contributed by atoms with Gasteiger partial charge in [0.25, 0.3) is 0 Å². The highest BCUT2D eigenvalue weighted by Crippen LogP contribution is 2.46. The van der Waals surface area contributed by atoms with Gasteiger partial charge in [0.1, 0.15) is 0 Å². The molecule has 0 bridgehead atoms. The molecule has 1 aliphatic rings. The summed E-state index contributed by atoms with van der Waals surface area (Å²) in [4.78, 5) is 5.19. The summed E-state index contributed by atoms with van der Waals surface area (Å²) < 4.78 is 6.67. The van der Waals surface area contributed by atoms with Crippen molar-refractivity contribution in [3.05, 3.63) is 58.7 Å². The number of nitrogens with zero attached hydrogens (tertiary/aromatic N) is 2. The molecule has 0 N–H and O–H groups in total. The Kier molecular flexibility index (Phi) is 8.39. The molecule has 0 radical (unpaired) electrons. The SMILES string of the molecule is CCOC1N(c2c(C(C)C)cccc2C(C)C)C(C)C(C)N1c1c(C(C)C)cccc1C(C)C. The summed E-state index contributed by atoms with van der Waals surface area (Å²) in [5.74, 6) is 1.78. The highest BCUT2D eigenvalue weighted by Gasteiger charge is 2.46. The monoisotopic (exact) mass is 464 g/mol. The normalized spacial score (nSPS) is 21.1. The fraction of sp³-hybridized carbons (Fsp3) is 0.613. The number of rotatable bonds is 8. The van der Waals surface area contributed by atoms with E-state index in [0.29, 0.717) is 42.4 Å². The lowest BCUT2D eigenvalue weighted by molar-refractivity contribution is 0.0696. The second-order valence-electron chi connectivity index (χ2n) is 11.3. The van der Waals surface area contributed by atoms with E-state index in [-0.39, 0.29) is 6.35 Å². The van der Waals surface area contributed by atoms with Gasteiger partial charge in [-0.25, -0.2) is 0 Å². The maximum absolute atomic E-state index is 6.67. The molecule has 1 fully saturated rings. The van der Waals surface area contributed by atoms with Crippen molar-refractivity contribution in [2.45, 2.75) is 118 Å². The summed E-state index contributed by atoms with van der Waals surface area (Å²) in [5, 5.41) is 0. The van der Waals surface area contributed by atoms with Crippen molar-refractivity contribution < 1.29 is 4.74 Å². The number of hydrogen-bond donors (Lipinski definition) is 0. The van der Waals surface area contributed by atoms with Crippen molar-refractivity contribution >= 4 is 11.4 Å². The number of benzene rings is 2. The molecular formula is C31H48N2O. The molecule has 2 atom stereocenters. The third-order valence-corrected chi connectivity index (χ3v) is 7.57. The van der Waals surface area contributed by atoms with Crippen molar-refractivity contribution in [2.24, 2.45) is 0 Å². The van der Waals surface area contributed by atoms with Crippen LogP contribution in [0.3, 0.4) is 0 Å². The summed E-state index contributed by atoms with van der Waals surface area (Å²) in [6, 6.07) is 14.4. The van der Waals surface area contributed by atoms with E-state index in [1.807, 2.05) is 0 Å². The Morgan fingerprint density at radius 3 is 1.15 bits per heavy atom. The van der Waals surface area contributed by atoms with Gasteiger partial charge < -0.3 is 14.5 Å². The van der Waals surface area contributed by atoms with Crippen LogP contribution in [0.1, 0.15) is 122 Å². The van der Waals surface area contributed by atoms with Crippen LogP contribution in [0.4, 0.5) is 11.4 Å². The summed E-state index contributed by atoms with van der Waals surface area (Å²) >= 11 is 0. The van der Waals surface area contributed by atoms with Crippen LogP contribution >= 0.6 is 0 Å². The molecule has 0 aromatic heterocycles. The van der Waals surface area contributed by atoms with Gasteiger partial charge in [0.2, 0.25) is 6.35 Å². The maximum atomic E-state index is 6.67. The molecular weight excluding hydrogens is 416 g/mol. The molecule has 0 saturated carbocycles. The Hall–Kier alpha value is -2.00. The minimum absolute atomic E-state index is 0.134. The molecule has 188 valence electrons. The fourth-order valence-corrected chi connectivity index (χ4v) is 5.56. The van der Waals surface area contributed by atoms with Crippen molar-refractivity contribution in [2.75, 3.05) is 16.4 Å². The van der Waals surface area contributed by atoms with E-state index >= 15 is 0 Å². The van der Waals surface area contributed by atoms with Gasteiger partial charge >= 0.3 is 0 Å². The van der Waals surface area contributed by atoms with Crippen LogP contribution in [0.2, 0.25) is 0 Å². The van der Waals surface area contributed by atoms with Crippen LogP contribution in [-0.4, -0.2) is 25.0 Å². The lowest BCUT2D eigenvalue weighted by atomic mass is 9.91. The smallest absolute Gasteiger partial charge is 0.211 e. The standard InChI is InChI=1S/C31H48N2O/c1-12-34-31-32(29-25(19(2)3)15-13-16-26(29)20(4)5)23(10)24(11)33(31)30-27(21(6)7)17-14-18-28(30)22(8)9/h13-24,31H,12H2,1-11H3. The van der Waals surface area contributed by atoms with E-state index in [9.17, 15) is 0 Å². The third kappa shape index (κ3) is 4.73. The van der Waals surface area contributed by atoms with Gasteiger partial charge in [-0.2, -0.15) is 0 Å². The lowest BCUT2D eigenvalue weighted by Crippen LogP contribution is -2.44. The first kappa shape index (κ1) is 26.6. The fourth-order valence-electron chi connectivity index (χ4n) is 5.56. The Balaban J connectivity index is 2.30. The van der Waals surface area contributed by atoms with Gasteiger partial charge in [-0.1, -0.05) is 91.8 Å². The molecule has 2 aromatic carbocycles. The molecule has 0 aliphatic carbocycles. The van der Waals surface area contributed by atoms with E-state index in [1.54, 1.807) is 0 Å². The highest BCUT2D eigenvalue weighted by atomic mass is 16.5. The molecule has 2 aromatic rings. The van der Waals surface area contributed by atoms with E-state index in [1.165, 1.54) is 33.6 Å². The third-order valence-electron chi connectivity index (χ3n) is 7.57. The molecule has 3 rings (SSSR count). The van der Waals surface area contributed by atoms with Gasteiger partial charge in [-0.3, -0.25) is 0 Å². The van der Waals surface area contributed by atoms with Crippen LogP contribution in [0.25, 0.3) is 0 Å². The van der Waals surface area contributed by atoms with Gasteiger partial charge in [-0.05, 0) is 66.7 Å². The Morgan fingerprint density at radius 1 is 0.618 bits per heavy atom. The Morgan fingerprint density at radius 2 is 0.912 bits per heavy atom. The molecule has 34 heavy (non-hydrogen) atoms. The second-order valence-corrected chi connectivity index (χ2v) is 11.3. The molecule has 3 heteroatoms. The second kappa shape index (κ2) is 10.7.